The predicted molar refractivity (Wildman–Crippen MR) is 29.8 cm³/mol. The Morgan fingerprint density at radius 2 is 1.25 bits per heavy atom. The Kier molecular flexibility index (Phi) is 9.59. The van der Waals surface area contributed by atoms with Gasteiger partial charge in [0.15, 0.2) is 0 Å². The normalized spacial score (nSPS) is 8.88. The van der Waals surface area contributed by atoms with Gasteiger partial charge in [-0.1, -0.05) is 0 Å². The molecule has 8 N–H and O–H groups in total. The van der Waals surface area contributed by atoms with Crippen LogP contribution < -0.4 is 17.2 Å². The van der Waals surface area contributed by atoms with Gasteiger partial charge in [-0.2, -0.15) is 0 Å². The lowest BCUT2D eigenvalue weighted by molar-refractivity contribution is 0.405. The molecular formula is CH10N3O3P. The fourth-order valence-corrected chi connectivity index (χ4v) is 0. The standard InChI is InChI=1S/CH7N3.H3O3P/c2-1(3)4;1-4(2)3/h1H,2-4H2;4H,(H2,1,2,3). The molecule has 6 nitrogen and oxygen atoms in total. The summed E-state index contributed by atoms with van der Waals surface area (Å²) in [6.07, 6.45) is -0.667. The molecule has 0 aromatic carbocycles. The van der Waals surface area contributed by atoms with Crippen LogP contribution in [-0.4, -0.2) is 16.1 Å². The molecule has 0 aromatic rings. The summed E-state index contributed by atoms with van der Waals surface area (Å²) in [7, 11) is -3.13. The average Bonchev–Trinajstić information content (AvgIpc) is 1.25. The highest BCUT2D eigenvalue weighted by Crippen LogP contribution is 1.98. The van der Waals surface area contributed by atoms with Crippen LogP contribution in [-0.2, 0) is 4.57 Å². The fourth-order valence-electron chi connectivity index (χ4n) is 0. The van der Waals surface area contributed by atoms with Crippen LogP contribution in [0.5, 0.6) is 0 Å². The molecule has 0 aromatic heterocycles. The lowest BCUT2D eigenvalue weighted by Gasteiger charge is -1.84. The van der Waals surface area contributed by atoms with Gasteiger partial charge in [0.1, 0.15) is 6.29 Å². The maximum absolute atomic E-state index is 8.74. The lowest BCUT2D eigenvalue weighted by Crippen LogP contribution is -2.39. The smallest absolute Gasteiger partial charge is 0.314 e. The number of nitrogens with two attached hydrogens (primary N) is 3. The molecule has 0 rings (SSSR count). The van der Waals surface area contributed by atoms with Crippen LogP contribution in [0.15, 0.2) is 0 Å². The quantitative estimate of drug-likeness (QED) is 0.188. The SMILES string of the molecule is NC(N)N.O=[PH](O)O. The van der Waals surface area contributed by atoms with Crippen molar-refractivity contribution in [1.82, 2.24) is 0 Å². The van der Waals surface area contributed by atoms with Crippen molar-refractivity contribution in [2.75, 3.05) is 0 Å². The minimum atomic E-state index is -3.13. The van der Waals surface area contributed by atoms with E-state index < -0.39 is 14.5 Å². The van der Waals surface area contributed by atoms with Crippen molar-refractivity contribution in [3.63, 3.8) is 0 Å². The van der Waals surface area contributed by atoms with E-state index in [0.29, 0.717) is 0 Å². The molecule has 0 fully saturated rings. The van der Waals surface area contributed by atoms with Crippen molar-refractivity contribution >= 4 is 8.25 Å². The summed E-state index contributed by atoms with van der Waals surface area (Å²) in [6.45, 7) is 0. The molecule has 0 radical (unpaired) electrons. The Labute approximate surface area is 47.2 Å². The van der Waals surface area contributed by atoms with Gasteiger partial charge in [-0.05, 0) is 0 Å². The first-order valence-electron chi connectivity index (χ1n) is 1.65. The minimum absolute atomic E-state index is 0.667. The molecule has 0 unspecified atom stereocenters. The Hall–Kier alpha value is 0.0300. The maximum Gasteiger partial charge on any atom is 0.314 e. The van der Waals surface area contributed by atoms with Crippen molar-refractivity contribution < 1.29 is 14.4 Å². The summed E-state index contributed by atoms with van der Waals surface area (Å²) in [4.78, 5) is 14.3. The van der Waals surface area contributed by atoms with Gasteiger partial charge in [-0.3, -0.25) is 4.57 Å². The van der Waals surface area contributed by atoms with E-state index in [1.807, 2.05) is 0 Å². The maximum atomic E-state index is 8.74. The van der Waals surface area contributed by atoms with Crippen molar-refractivity contribution in [3.05, 3.63) is 0 Å². The van der Waals surface area contributed by atoms with Crippen molar-refractivity contribution in [3.8, 4) is 0 Å². The highest BCUT2D eigenvalue weighted by molar-refractivity contribution is 7.30. The molecule has 0 amide bonds. The number of hydrogen-bond acceptors (Lipinski definition) is 4. The molecular weight excluding hydrogens is 133 g/mol. The van der Waals surface area contributed by atoms with E-state index in [0.717, 1.165) is 0 Å². The highest BCUT2D eigenvalue weighted by atomic mass is 31.1. The molecule has 0 bridgehead atoms. The summed E-state index contributed by atoms with van der Waals surface area (Å²) in [5, 5.41) is 0. The van der Waals surface area contributed by atoms with Crippen molar-refractivity contribution in [2.24, 2.45) is 17.2 Å². The summed E-state index contributed by atoms with van der Waals surface area (Å²) in [5.74, 6) is 0. The Balaban J connectivity index is 0. The van der Waals surface area contributed by atoms with Gasteiger partial charge in [0.05, 0.1) is 0 Å². The second-order valence-electron chi connectivity index (χ2n) is 0.860. The molecule has 0 aliphatic carbocycles. The van der Waals surface area contributed by atoms with Gasteiger partial charge in [-0.25, -0.2) is 0 Å². The third-order valence-corrected chi connectivity index (χ3v) is 0. The molecule has 7 heteroatoms. The first-order chi connectivity index (χ1) is 3.46. The van der Waals surface area contributed by atoms with Gasteiger partial charge in [0.25, 0.3) is 0 Å². The van der Waals surface area contributed by atoms with E-state index in [4.69, 9.17) is 14.4 Å². The topological polar surface area (TPSA) is 136 Å². The molecule has 0 saturated carbocycles. The van der Waals surface area contributed by atoms with Gasteiger partial charge in [-0.15, -0.1) is 0 Å². The van der Waals surface area contributed by atoms with E-state index >= 15 is 0 Å². The molecule has 0 spiro atoms. The molecule has 8 heavy (non-hydrogen) atoms. The fraction of sp³-hybridized carbons (Fsp3) is 1.00. The third kappa shape index (κ3) is 170000. The van der Waals surface area contributed by atoms with Crippen molar-refractivity contribution in [1.29, 1.82) is 0 Å². The zero-order valence-electron chi connectivity index (χ0n) is 4.11. The van der Waals surface area contributed by atoms with Crippen LogP contribution in [0.2, 0.25) is 0 Å². The summed E-state index contributed by atoms with van der Waals surface area (Å²) < 4.78 is 8.74. The third-order valence-electron chi connectivity index (χ3n) is 0. The van der Waals surface area contributed by atoms with Gasteiger partial charge >= 0.3 is 8.25 Å². The lowest BCUT2D eigenvalue weighted by atomic mass is 11.0. The second kappa shape index (κ2) is 7.03. The largest absolute Gasteiger partial charge is 0.326 e. The first-order valence-corrected chi connectivity index (χ1v) is 2.95. The second-order valence-corrected chi connectivity index (χ2v) is 1.43. The van der Waals surface area contributed by atoms with Crippen LogP contribution in [0, 0.1) is 0 Å². The van der Waals surface area contributed by atoms with E-state index in [1.165, 1.54) is 0 Å². The van der Waals surface area contributed by atoms with Crippen LogP contribution in [0.3, 0.4) is 0 Å². The molecule has 0 saturated heterocycles. The van der Waals surface area contributed by atoms with E-state index in [-0.39, 0.29) is 0 Å². The molecule has 52 valence electrons. The molecule has 0 atom stereocenters. The van der Waals surface area contributed by atoms with Gasteiger partial charge in [0, 0.05) is 0 Å². The zero-order valence-corrected chi connectivity index (χ0v) is 5.11. The van der Waals surface area contributed by atoms with Crippen LogP contribution in [0.4, 0.5) is 0 Å². The first kappa shape index (κ1) is 10.9. The zero-order chi connectivity index (χ0) is 7.15. The summed E-state index contributed by atoms with van der Waals surface area (Å²) >= 11 is 0. The highest BCUT2D eigenvalue weighted by Gasteiger charge is 1.65. The predicted octanol–water partition coefficient (Wildman–Crippen LogP) is -2.49. The van der Waals surface area contributed by atoms with Crippen molar-refractivity contribution in [2.45, 2.75) is 6.29 Å². The Morgan fingerprint density at radius 3 is 1.25 bits per heavy atom. The molecule has 0 aliphatic heterocycles. The Morgan fingerprint density at radius 1 is 1.25 bits per heavy atom. The summed E-state index contributed by atoms with van der Waals surface area (Å²) in [6, 6.07) is 0. The van der Waals surface area contributed by atoms with Crippen LogP contribution in [0.1, 0.15) is 0 Å². The molecule has 0 heterocycles. The van der Waals surface area contributed by atoms with Gasteiger partial charge in [0.2, 0.25) is 0 Å². The number of hydrogen-bond donors (Lipinski definition) is 5. The monoisotopic (exact) mass is 143 g/mol. The summed E-state index contributed by atoms with van der Waals surface area (Å²) in [5.41, 5.74) is 14.0. The molecule has 0 aliphatic rings. The van der Waals surface area contributed by atoms with E-state index in [2.05, 4.69) is 17.2 Å². The Bertz CT molecular complexity index is 58.8. The average molecular weight is 143 g/mol. The van der Waals surface area contributed by atoms with Gasteiger partial charge < -0.3 is 27.0 Å². The van der Waals surface area contributed by atoms with Crippen LogP contribution in [0.25, 0.3) is 0 Å². The van der Waals surface area contributed by atoms with E-state index in [9.17, 15) is 0 Å². The minimum Gasteiger partial charge on any atom is -0.326 e. The van der Waals surface area contributed by atoms with Crippen LogP contribution >= 0.6 is 8.25 Å². The number of rotatable bonds is 0. The van der Waals surface area contributed by atoms with E-state index in [1.54, 1.807) is 0 Å².